The van der Waals surface area contributed by atoms with Crippen LogP contribution in [0.4, 0.5) is 34.1 Å². The molecule has 0 atom stereocenters. The number of fused-ring (bicyclic) bond motifs is 4. The Morgan fingerprint density at radius 3 is 0.960 bits per heavy atom. The van der Waals surface area contributed by atoms with Crippen molar-refractivity contribution < 1.29 is 0 Å². The Kier molecular flexibility index (Phi) is 11.4. The largest absolute Gasteiger partial charge is 0.310 e. The highest BCUT2D eigenvalue weighted by atomic mass is 15.2. The van der Waals surface area contributed by atoms with Crippen LogP contribution in [-0.2, 0) is 0 Å². The highest BCUT2D eigenvalue weighted by molar-refractivity contribution is 7.00. The van der Waals surface area contributed by atoms with E-state index in [9.17, 15) is 0 Å². The molecule has 11 aromatic rings. The van der Waals surface area contributed by atoms with Gasteiger partial charge in [-0.3, -0.25) is 0 Å². The number of benzene rings is 11. The van der Waals surface area contributed by atoms with E-state index in [1.807, 2.05) is 0 Å². The molecule has 0 saturated heterocycles. The lowest BCUT2D eigenvalue weighted by molar-refractivity contribution is 0.444. The van der Waals surface area contributed by atoms with Crippen LogP contribution in [-0.4, -0.2) is 6.71 Å². The smallest absolute Gasteiger partial charge is 0.252 e. The van der Waals surface area contributed by atoms with E-state index in [2.05, 4.69) is 277 Å². The molecule has 0 spiro atoms. The van der Waals surface area contributed by atoms with Crippen LogP contribution in [0.3, 0.4) is 0 Å². The Morgan fingerprint density at radius 2 is 0.613 bits per heavy atom. The number of hydrogen-bond acceptors (Lipinski definition) is 2. The van der Waals surface area contributed by atoms with Crippen molar-refractivity contribution in [1.29, 1.82) is 0 Å². The van der Waals surface area contributed by atoms with Crippen LogP contribution in [0.25, 0.3) is 66.8 Å². The zero-order valence-corrected chi connectivity index (χ0v) is 42.0. The van der Waals surface area contributed by atoms with Crippen molar-refractivity contribution in [2.75, 3.05) is 9.80 Å². The lowest BCUT2D eigenvalue weighted by Crippen LogP contribution is -2.61. The molecule has 0 radical (unpaired) electrons. The fourth-order valence-electron chi connectivity index (χ4n) is 12.8. The highest BCUT2D eigenvalue weighted by Gasteiger charge is 2.46. The van der Waals surface area contributed by atoms with Gasteiger partial charge in [0.05, 0.1) is 11.4 Å². The van der Waals surface area contributed by atoms with E-state index < -0.39 is 0 Å². The summed E-state index contributed by atoms with van der Waals surface area (Å²) in [6, 6.07) is 99.9. The molecule has 0 N–H and O–H groups in total. The minimum atomic E-state index is -0.103. The van der Waals surface area contributed by atoms with Gasteiger partial charge in [0.15, 0.2) is 0 Å². The summed E-state index contributed by atoms with van der Waals surface area (Å²) in [4.78, 5) is 5.39. The molecule has 1 aliphatic carbocycles. The minimum absolute atomic E-state index is 0.103. The van der Waals surface area contributed by atoms with Gasteiger partial charge in [0.1, 0.15) is 0 Å². The van der Waals surface area contributed by atoms with Crippen LogP contribution >= 0.6 is 0 Å². The zero-order chi connectivity index (χ0) is 49.7. The van der Waals surface area contributed by atoms with Gasteiger partial charge in [0, 0.05) is 45.0 Å². The third-order valence-corrected chi connectivity index (χ3v) is 16.2. The van der Waals surface area contributed by atoms with E-state index in [4.69, 9.17) is 0 Å². The minimum Gasteiger partial charge on any atom is -0.310 e. The molecule has 1 saturated carbocycles. The normalized spacial score (nSPS) is 13.7. The summed E-state index contributed by atoms with van der Waals surface area (Å²) in [6.07, 6.45) is 6.14. The second kappa shape index (κ2) is 19.2. The maximum Gasteiger partial charge on any atom is 0.252 e. The molecule has 75 heavy (non-hydrogen) atoms. The van der Waals surface area contributed by atoms with Crippen molar-refractivity contribution in [3.63, 3.8) is 0 Å². The first-order valence-electron chi connectivity index (χ1n) is 26.9. The molecule has 0 bridgehead atoms. The molecule has 1 fully saturated rings. The monoisotopic (exact) mass is 958 g/mol. The van der Waals surface area contributed by atoms with Gasteiger partial charge in [-0.15, -0.1) is 0 Å². The number of nitrogens with zero attached hydrogens (tertiary/aromatic N) is 2. The van der Waals surface area contributed by atoms with E-state index in [1.54, 1.807) is 0 Å². The van der Waals surface area contributed by atoms with Gasteiger partial charge < -0.3 is 9.80 Å². The average molecular weight is 959 g/mol. The predicted molar refractivity (Wildman–Crippen MR) is 319 cm³/mol. The van der Waals surface area contributed by atoms with Crippen LogP contribution in [0.2, 0.25) is 0 Å². The molecule has 3 aliphatic rings. The fraction of sp³-hybridized carbons (Fsp3) is 0.0833. The van der Waals surface area contributed by atoms with E-state index >= 15 is 0 Å². The van der Waals surface area contributed by atoms with Gasteiger partial charge in [-0.1, -0.05) is 262 Å². The van der Waals surface area contributed by atoms with Crippen molar-refractivity contribution >= 4 is 57.2 Å². The summed E-state index contributed by atoms with van der Waals surface area (Å²) in [6.45, 7) is -0.103. The molecule has 0 aromatic heterocycles. The summed E-state index contributed by atoms with van der Waals surface area (Å²) in [7, 11) is 0. The third-order valence-electron chi connectivity index (χ3n) is 16.2. The standard InChI is InChI=1S/C72H55BN2/c1-8-24-50(25-9-1)57-42-44-66-64(46-57)73-65-47-58(51-26-10-2-11-27-51)43-45-67(65)75(72-62(55-34-18-6-19-35-55)40-23-41-63(72)56-36-20-7-21-37-56)69-49-59(52-28-12-3-13-29-52)48-68(70(69)73)74(66)71-60(53-30-14-4-15-31-53)38-22-39-61(71)54-32-16-5-17-33-54/h1-2,4-11,14-27,30-49,52H,3,12-13,28-29H2. The summed E-state index contributed by atoms with van der Waals surface area (Å²) >= 11 is 0. The molecule has 356 valence electrons. The summed E-state index contributed by atoms with van der Waals surface area (Å²) < 4.78 is 0. The van der Waals surface area contributed by atoms with Crippen LogP contribution in [0, 0.1) is 0 Å². The van der Waals surface area contributed by atoms with E-state index in [-0.39, 0.29) is 6.71 Å². The number of hydrogen-bond donors (Lipinski definition) is 0. The van der Waals surface area contributed by atoms with E-state index in [0.717, 1.165) is 0 Å². The molecule has 2 nitrogen and oxygen atoms in total. The van der Waals surface area contributed by atoms with Crippen molar-refractivity contribution in [1.82, 2.24) is 0 Å². The fourth-order valence-corrected chi connectivity index (χ4v) is 12.8. The van der Waals surface area contributed by atoms with Crippen molar-refractivity contribution in [3.8, 4) is 66.8 Å². The van der Waals surface area contributed by atoms with Crippen molar-refractivity contribution in [2.24, 2.45) is 0 Å². The summed E-state index contributed by atoms with van der Waals surface area (Å²) in [5.74, 6) is 0.432. The molecule has 2 aliphatic heterocycles. The first-order valence-corrected chi connectivity index (χ1v) is 26.9. The van der Waals surface area contributed by atoms with Gasteiger partial charge in [-0.25, -0.2) is 0 Å². The van der Waals surface area contributed by atoms with Crippen molar-refractivity contribution in [3.05, 3.63) is 272 Å². The van der Waals surface area contributed by atoms with Crippen molar-refractivity contribution in [2.45, 2.75) is 38.0 Å². The molecule has 0 amide bonds. The molecule has 0 unspecified atom stereocenters. The first-order chi connectivity index (χ1) is 37.2. The maximum absolute atomic E-state index is 2.70. The third kappa shape index (κ3) is 7.90. The van der Waals surface area contributed by atoms with E-state index in [0.29, 0.717) is 5.92 Å². The van der Waals surface area contributed by atoms with Crippen LogP contribution < -0.4 is 26.2 Å². The Hall–Kier alpha value is -8.92. The predicted octanol–water partition coefficient (Wildman–Crippen LogP) is 17.8. The average Bonchev–Trinajstić information content (AvgIpc) is 3.54. The molecule has 2 heterocycles. The van der Waals surface area contributed by atoms with Gasteiger partial charge in [-0.05, 0) is 109 Å². The Balaban J connectivity index is 1.16. The van der Waals surface area contributed by atoms with Crippen LogP contribution in [0.5, 0.6) is 0 Å². The molecule has 11 aromatic carbocycles. The Morgan fingerprint density at radius 1 is 0.280 bits per heavy atom. The summed E-state index contributed by atoms with van der Waals surface area (Å²) in [5.41, 5.74) is 27.0. The second-order valence-corrected chi connectivity index (χ2v) is 20.6. The zero-order valence-electron chi connectivity index (χ0n) is 42.0. The molecule has 14 rings (SSSR count). The molecule has 3 heteroatoms. The SMILES string of the molecule is c1ccc(-c2ccc3c(c2)B2c4cc(-c5ccccc5)ccc4N(c4c(-c5ccccc5)cccc4-c4ccccc4)c4cc(C5CCCCC5)cc(c42)N3c2c(-c3ccccc3)cccc2-c2ccccc2)cc1. The van der Waals surface area contributed by atoms with Gasteiger partial charge >= 0.3 is 0 Å². The highest BCUT2D eigenvalue weighted by Crippen LogP contribution is 2.54. The van der Waals surface area contributed by atoms with Gasteiger partial charge in [-0.2, -0.15) is 0 Å². The van der Waals surface area contributed by atoms with Gasteiger partial charge in [0.25, 0.3) is 6.71 Å². The molecular weight excluding hydrogens is 904 g/mol. The number of rotatable bonds is 9. The Labute approximate surface area is 442 Å². The summed E-state index contributed by atoms with van der Waals surface area (Å²) in [5, 5.41) is 0. The lowest BCUT2D eigenvalue weighted by Gasteiger charge is -2.46. The number of anilines is 6. The van der Waals surface area contributed by atoms with E-state index in [1.165, 1.54) is 155 Å². The van der Waals surface area contributed by atoms with Crippen LogP contribution in [0.1, 0.15) is 43.6 Å². The quantitative estimate of drug-likeness (QED) is 0.133. The first kappa shape index (κ1) is 44.8. The maximum atomic E-state index is 2.70. The second-order valence-electron chi connectivity index (χ2n) is 20.6. The lowest BCUT2D eigenvalue weighted by atomic mass is 9.33. The Bertz CT molecular complexity index is 3490. The van der Waals surface area contributed by atoms with Crippen LogP contribution in [0.15, 0.2) is 267 Å². The molecular formula is C72H55BN2. The topological polar surface area (TPSA) is 6.48 Å². The van der Waals surface area contributed by atoms with Gasteiger partial charge in [0.2, 0.25) is 0 Å². The number of para-hydroxylation sites is 2.